The minimum Gasteiger partial charge on any atom is -0.477 e. The number of hydrogen-bond acceptors (Lipinski definition) is 8. The molecule has 0 aromatic heterocycles. The van der Waals surface area contributed by atoms with E-state index in [0.717, 1.165) is 22.2 Å². The van der Waals surface area contributed by atoms with Crippen LogP contribution in [0.2, 0.25) is 0 Å². The first-order chi connectivity index (χ1) is 16.1. The van der Waals surface area contributed by atoms with Crippen molar-refractivity contribution in [3.8, 4) is 0 Å². The quantitative estimate of drug-likeness (QED) is 0.148. The van der Waals surface area contributed by atoms with Crippen molar-refractivity contribution in [1.82, 2.24) is 15.5 Å². The van der Waals surface area contributed by atoms with Gasteiger partial charge in [-0.3, -0.25) is 19.3 Å². The zero-order valence-corrected chi connectivity index (χ0v) is 19.5. The van der Waals surface area contributed by atoms with Gasteiger partial charge in [0.2, 0.25) is 5.91 Å². The van der Waals surface area contributed by atoms with Gasteiger partial charge >= 0.3 is 18.0 Å². The molecule has 12 nitrogen and oxygen atoms in total. The predicted octanol–water partition coefficient (Wildman–Crippen LogP) is -0.0344. The van der Waals surface area contributed by atoms with Gasteiger partial charge in [0.1, 0.15) is 23.7 Å². The van der Waals surface area contributed by atoms with Gasteiger partial charge in [0.05, 0.1) is 0 Å². The van der Waals surface area contributed by atoms with Crippen LogP contribution in [-0.2, 0) is 28.7 Å². The molecule has 1 unspecified atom stereocenters. The maximum absolute atomic E-state index is 13.2. The van der Waals surface area contributed by atoms with Crippen LogP contribution in [0, 0.1) is 0 Å². The highest BCUT2D eigenvalue weighted by atomic mass is 32.2. The number of nitrogens with one attached hydrogen (secondary N) is 2. The van der Waals surface area contributed by atoms with E-state index in [2.05, 4.69) is 10.6 Å². The number of allylic oxidation sites excluding steroid dienone is 3. The summed E-state index contributed by atoms with van der Waals surface area (Å²) >= 11 is 1.15. The van der Waals surface area contributed by atoms with E-state index in [1.165, 1.54) is 14.0 Å². The summed E-state index contributed by atoms with van der Waals surface area (Å²) in [4.78, 5) is 61.9. The molecule has 0 spiro atoms. The molecule has 5 N–H and O–H groups in total. The number of thioether (sulfide) groups is 1. The Morgan fingerprint density at radius 1 is 1.35 bits per heavy atom. The number of carboxylic acids is 1. The highest BCUT2D eigenvalue weighted by Crippen LogP contribution is 2.46. The Labute approximate surface area is 199 Å². The third-order valence-electron chi connectivity index (χ3n) is 5.58. The second-order valence-corrected chi connectivity index (χ2v) is 8.91. The number of amides is 4. The zero-order chi connectivity index (χ0) is 25.0. The van der Waals surface area contributed by atoms with Gasteiger partial charge in [-0.1, -0.05) is 23.8 Å². The van der Waals surface area contributed by atoms with E-state index in [9.17, 15) is 29.1 Å². The van der Waals surface area contributed by atoms with Gasteiger partial charge in [-0.15, -0.1) is 11.8 Å². The van der Waals surface area contributed by atoms with Gasteiger partial charge in [0.15, 0.2) is 0 Å². The first-order valence-corrected chi connectivity index (χ1v) is 11.5. The van der Waals surface area contributed by atoms with Crippen LogP contribution in [0.25, 0.3) is 0 Å². The van der Waals surface area contributed by atoms with Crippen LogP contribution in [0.3, 0.4) is 0 Å². The number of nitrogens with zero attached hydrogens (tertiary/aromatic N) is 1. The van der Waals surface area contributed by atoms with Crippen molar-refractivity contribution in [2.45, 2.75) is 43.3 Å². The van der Waals surface area contributed by atoms with Gasteiger partial charge in [-0.25, -0.2) is 9.59 Å². The fourth-order valence-corrected chi connectivity index (χ4v) is 5.39. The van der Waals surface area contributed by atoms with Crippen LogP contribution < -0.4 is 16.4 Å². The van der Waals surface area contributed by atoms with Crippen molar-refractivity contribution >= 4 is 41.5 Å². The SMILES string of the molecule is CO[C@]1(NC(=O)C(CC2=CCC=CC2)NC(N)=O)C(=O)N2C(C(=O)O)=C(COC(C)=O)CS[C@@H]21. The number of nitrogens with two attached hydrogens (primary N) is 1. The predicted molar refractivity (Wildman–Crippen MR) is 120 cm³/mol. The lowest BCUT2D eigenvalue weighted by Gasteiger charge is -2.56. The topological polar surface area (TPSA) is 177 Å². The van der Waals surface area contributed by atoms with Crippen LogP contribution in [0.1, 0.15) is 26.2 Å². The lowest BCUT2D eigenvalue weighted by Crippen LogP contribution is -2.81. The van der Waals surface area contributed by atoms with Crippen molar-refractivity contribution in [2.75, 3.05) is 19.5 Å². The summed E-state index contributed by atoms with van der Waals surface area (Å²) < 4.78 is 10.3. The Kier molecular flexibility index (Phi) is 7.67. The third kappa shape index (κ3) is 4.94. The van der Waals surface area contributed by atoms with Crippen molar-refractivity contribution in [3.05, 3.63) is 35.1 Å². The number of esters is 1. The molecule has 4 amide bonds. The van der Waals surface area contributed by atoms with Crippen LogP contribution in [-0.4, -0.2) is 76.4 Å². The summed E-state index contributed by atoms with van der Waals surface area (Å²) in [5.74, 6) is -3.32. The molecule has 0 saturated carbocycles. The second kappa shape index (κ2) is 10.3. The Balaban J connectivity index is 1.82. The Bertz CT molecular complexity index is 1010. The molecule has 184 valence electrons. The minimum atomic E-state index is -1.84. The number of primary amides is 1. The van der Waals surface area contributed by atoms with E-state index in [-0.39, 0.29) is 30.1 Å². The zero-order valence-electron chi connectivity index (χ0n) is 18.7. The maximum Gasteiger partial charge on any atom is 0.352 e. The summed E-state index contributed by atoms with van der Waals surface area (Å²) in [6.07, 6.45) is 7.37. The number of carbonyl (C=O) groups excluding carboxylic acids is 4. The molecular weight excluding hydrogens is 468 g/mol. The molecule has 3 aliphatic rings. The fourth-order valence-electron chi connectivity index (χ4n) is 3.97. The number of fused-ring (bicyclic) bond motifs is 1. The maximum atomic E-state index is 13.2. The molecule has 0 bridgehead atoms. The number of aliphatic carboxylic acids is 1. The van der Waals surface area contributed by atoms with Crippen molar-refractivity contribution in [2.24, 2.45) is 5.73 Å². The van der Waals surface area contributed by atoms with Crippen LogP contribution in [0.4, 0.5) is 4.79 Å². The molecule has 13 heteroatoms. The number of hydrogen-bond donors (Lipinski definition) is 4. The molecule has 2 heterocycles. The highest BCUT2D eigenvalue weighted by Gasteiger charge is 2.67. The number of methoxy groups -OCH3 is 1. The van der Waals surface area contributed by atoms with E-state index in [4.69, 9.17) is 15.2 Å². The number of ether oxygens (including phenoxy) is 2. The molecule has 1 fully saturated rings. The Morgan fingerprint density at radius 2 is 2.09 bits per heavy atom. The largest absolute Gasteiger partial charge is 0.477 e. The first kappa shape index (κ1) is 25.3. The normalized spacial score (nSPS) is 24.4. The molecule has 0 aromatic rings. The number of rotatable bonds is 9. The number of carboxylic acid groups (broad SMARTS) is 1. The lowest BCUT2D eigenvalue weighted by atomic mass is 9.95. The van der Waals surface area contributed by atoms with E-state index in [1.807, 2.05) is 18.2 Å². The van der Waals surface area contributed by atoms with Crippen LogP contribution in [0.15, 0.2) is 35.1 Å². The molecule has 2 aliphatic heterocycles. The van der Waals surface area contributed by atoms with Crippen molar-refractivity contribution < 1.29 is 38.6 Å². The lowest BCUT2D eigenvalue weighted by molar-refractivity contribution is -0.193. The van der Waals surface area contributed by atoms with Crippen molar-refractivity contribution in [1.29, 1.82) is 0 Å². The Hall–Kier alpha value is -3.32. The van der Waals surface area contributed by atoms with E-state index in [0.29, 0.717) is 12.8 Å². The average Bonchev–Trinajstić information content (AvgIpc) is 2.79. The highest BCUT2D eigenvalue weighted by molar-refractivity contribution is 8.00. The first-order valence-electron chi connectivity index (χ1n) is 10.4. The molecule has 34 heavy (non-hydrogen) atoms. The van der Waals surface area contributed by atoms with Gasteiger partial charge < -0.3 is 30.9 Å². The molecule has 3 rings (SSSR count). The smallest absolute Gasteiger partial charge is 0.352 e. The van der Waals surface area contributed by atoms with Gasteiger partial charge in [0, 0.05) is 25.4 Å². The van der Waals surface area contributed by atoms with Gasteiger partial charge in [-0.05, 0) is 19.3 Å². The summed E-state index contributed by atoms with van der Waals surface area (Å²) in [7, 11) is 1.22. The Morgan fingerprint density at radius 3 is 2.65 bits per heavy atom. The van der Waals surface area contributed by atoms with E-state index >= 15 is 0 Å². The summed E-state index contributed by atoms with van der Waals surface area (Å²) in [6, 6.07) is -1.97. The molecule has 3 atom stereocenters. The van der Waals surface area contributed by atoms with E-state index in [1.54, 1.807) is 0 Å². The van der Waals surface area contributed by atoms with Crippen LogP contribution in [0.5, 0.6) is 0 Å². The molecule has 0 aromatic carbocycles. The fraction of sp³-hybridized carbons (Fsp3) is 0.476. The standard InChI is InChI=1S/C21H26N4O8S/c1-11(26)33-9-13-10-34-19-21(32-2,18(30)25(19)15(13)17(28)29)24-16(27)14(23-20(22)31)8-12-6-4-3-5-7-12/h3-4,7,14,19H,5-6,8-10H2,1-2H3,(H,24,27)(H,28,29)(H3,22,23,31)/t14?,19-,21-/m1/s1. The van der Waals surface area contributed by atoms with Gasteiger partial charge in [0.25, 0.3) is 11.6 Å². The molecule has 0 radical (unpaired) electrons. The molecule has 1 aliphatic carbocycles. The van der Waals surface area contributed by atoms with Gasteiger partial charge in [-0.2, -0.15) is 0 Å². The molecule has 1 saturated heterocycles. The summed E-state index contributed by atoms with van der Waals surface area (Å²) in [5.41, 5.74) is 4.26. The monoisotopic (exact) mass is 494 g/mol. The van der Waals surface area contributed by atoms with Crippen molar-refractivity contribution in [3.63, 3.8) is 0 Å². The van der Waals surface area contributed by atoms with E-state index < -0.39 is 46.9 Å². The third-order valence-corrected chi connectivity index (χ3v) is 6.96. The second-order valence-electron chi connectivity index (χ2n) is 7.84. The average molecular weight is 495 g/mol. The number of urea groups is 1. The number of carbonyl (C=O) groups is 5. The summed E-state index contributed by atoms with van der Waals surface area (Å²) in [6.45, 7) is 0.914. The molecular formula is C21H26N4O8S. The number of β-lactam (4-membered cyclic amide) rings is 1. The summed E-state index contributed by atoms with van der Waals surface area (Å²) in [5, 5.41) is 13.8. The van der Waals surface area contributed by atoms with Crippen LogP contribution >= 0.6 is 11.8 Å². The minimum absolute atomic E-state index is 0.131.